The first-order valence-corrected chi connectivity index (χ1v) is 16.2. The van der Waals surface area contributed by atoms with E-state index in [0.717, 1.165) is 25.7 Å². The van der Waals surface area contributed by atoms with Crippen molar-refractivity contribution < 1.29 is 33.5 Å². The Kier molecular flexibility index (Phi) is 8.12. The smallest absolute Gasteiger partial charge is 0.408 e. The molecule has 1 aromatic heterocycles. The maximum atomic E-state index is 14.3. The van der Waals surface area contributed by atoms with Gasteiger partial charge in [0.05, 0.1) is 17.1 Å². The maximum absolute atomic E-state index is 14.3. The lowest BCUT2D eigenvalue weighted by Gasteiger charge is -2.35. The molecule has 0 bridgehead atoms. The molecule has 14 heteroatoms. The largest absolute Gasteiger partial charge is 0.446 e. The van der Waals surface area contributed by atoms with E-state index in [0.29, 0.717) is 11.0 Å². The Morgan fingerprint density at radius 1 is 1.21 bits per heavy atom. The molecule has 2 saturated carbocycles. The third-order valence-electron chi connectivity index (χ3n) is 8.93. The molecule has 5 N–H and O–H groups in total. The SMILES string of the molecule is C=C[C@@H]1C[C@]1(NC(=O)[C@@H]1C[C@@H](n2c(=O)[nH]c3ccccc32)CN1C(=O)[C@@H](NC(=O)OC1CCCC1)C(C)(C)C)P(=O)(O)O. The molecule has 1 aliphatic heterocycles. The van der Waals surface area contributed by atoms with Crippen LogP contribution in [0.25, 0.3) is 11.0 Å². The monoisotopic (exact) mass is 617 g/mol. The summed E-state index contributed by atoms with van der Waals surface area (Å²) in [6, 6.07) is 4.16. The minimum absolute atomic E-state index is 0.0116. The number of hydrogen-bond donors (Lipinski definition) is 5. The van der Waals surface area contributed by atoms with Crippen molar-refractivity contribution in [2.24, 2.45) is 11.3 Å². The predicted molar refractivity (Wildman–Crippen MR) is 158 cm³/mol. The lowest BCUT2D eigenvalue weighted by Crippen LogP contribution is -2.58. The summed E-state index contributed by atoms with van der Waals surface area (Å²) in [7, 11) is -4.79. The summed E-state index contributed by atoms with van der Waals surface area (Å²) in [5.41, 5.74) is -0.0161. The molecule has 13 nitrogen and oxygen atoms in total. The zero-order valence-electron chi connectivity index (χ0n) is 24.6. The van der Waals surface area contributed by atoms with Gasteiger partial charge in [-0.1, -0.05) is 39.0 Å². The van der Waals surface area contributed by atoms with E-state index in [9.17, 15) is 33.5 Å². The van der Waals surface area contributed by atoms with E-state index in [1.54, 1.807) is 45.0 Å². The highest BCUT2D eigenvalue weighted by atomic mass is 31.2. The number of hydrogen-bond acceptors (Lipinski definition) is 6. The predicted octanol–water partition coefficient (Wildman–Crippen LogP) is 2.75. The van der Waals surface area contributed by atoms with Crippen molar-refractivity contribution in [3.05, 3.63) is 47.4 Å². The number of likely N-dealkylation sites (tertiary alicyclic amines) is 1. The number of ether oxygens (including phenoxy) is 1. The normalized spacial score (nSPS) is 26.7. The van der Waals surface area contributed by atoms with Crippen LogP contribution in [0.15, 0.2) is 41.7 Å². The van der Waals surface area contributed by atoms with Gasteiger partial charge in [-0.05, 0) is 56.1 Å². The first kappa shape index (κ1) is 31.0. The van der Waals surface area contributed by atoms with Gasteiger partial charge in [0, 0.05) is 12.5 Å². The highest BCUT2D eigenvalue weighted by molar-refractivity contribution is 7.54. The standard InChI is InChI=1S/C29H40N5O8P/c1-5-17-15-29(17,43(39,40)41)32-24(35)22-14-18(34-21-13-9-8-12-20(21)30-26(34)37)16-33(22)25(36)23(28(2,3)4)31-27(38)42-19-10-6-7-11-19/h5,8-9,12-13,17-19,22-23H,1,6-7,10-11,14-16H2,2-4H3,(H,30,37)(H,31,38)(H,32,35)(H2,39,40,41)/t17-,18-,22+,23-,29+/m1/s1. The minimum atomic E-state index is -4.79. The highest BCUT2D eigenvalue weighted by Gasteiger charge is 2.66. The molecule has 0 unspecified atom stereocenters. The minimum Gasteiger partial charge on any atom is -0.446 e. The second-order valence-corrected chi connectivity index (χ2v) is 14.9. The van der Waals surface area contributed by atoms with E-state index in [1.807, 2.05) is 0 Å². The molecule has 0 spiro atoms. The third kappa shape index (κ3) is 5.90. The number of alkyl carbamates (subject to hydrolysis) is 1. The van der Waals surface area contributed by atoms with Gasteiger partial charge in [0.2, 0.25) is 11.8 Å². The Balaban J connectivity index is 1.47. The van der Waals surface area contributed by atoms with Crippen LogP contribution in [-0.4, -0.2) is 72.2 Å². The second-order valence-electron chi connectivity index (χ2n) is 13.0. The molecule has 2 aromatic rings. The van der Waals surface area contributed by atoms with Crippen molar-refractivity contribution >= 4 is 36.5 Å². The molecule has 5 atom stereocenters. The Hall–Kier alpha value is -3.41. The molecule has 5 rings (SSSR count). The van der Waals surface area contributed by atoms with E-state index >= 15 is 0 Å². The van der Waals surface area contributed by atoms with Gasteiger partial charge in [0.1, 0.15) is 23.5 Å². The van der Waals surface area contributed by atoms with Crippen molar-refractivity contribution in [2.45, 2.75) is 88.8 Å². The van der Waals surface area contributed by atoms with Gasteiger partial charge >= 0.3 is 19.4 Å². The Bertz CT molecular complexity index is 1530. The number of rotatable bonds is 8. The third-order valence-corrected chi connectivity index (χ3v) is 10.6. The van der Waals surface area contributed by atoms with Crippen LogP contribution >= 0.6 is 7.60 Å². The van der Waals surface area contributed by atoms with Gasteiger partial charge in [-0.3, -0.25) is 18.7 Å². The molecule has 234 valence electrons. The van der Waals surface area contributed by atoms with Gasteiger partial charge in [0.15, 0.2) is 0 Å². The van der Waals surface area contributed by atoms with Crippen LogP contribution in [0.1, 0.15) is 65.3 Å². The summed E-state index contributed by atoms with van der Waals surface area (Å²) in [5.74, 6) is -1.95. The summed E-state index contributed by atoms with van der Waals surface area (Å²) in [6.45, 7) is 8.92. The van der Waals surface area contributed by atoms with Crippen molar-refractivity contribution in [2.75, 3.05) is 6.54 Å². The van der Waals surface area contributed by atoms with Gasteiger partial charge < -0.3 is 35.0 Å². The molecule has 2 heterocycles. The quantitative estimate of drug-likeness (QED) is 0.221. The van der Waals surface area contributed by atoms with Crippen LogP contribution < -0.4 is 16.3 Å². The molecule has 43 heavy (non-hydrogen) atoms. The summed E-state index contributed by atoms with van der Waals surface area (Å²) < 4.78 is 19.5. The van der Waals surface area contributed by atoms with E-state index in [4.69, 9.17) is 4.74 Å². The van der Waals surface area contributed by atoms with Gasteiger partial charge in [-0.15, -0.1) is 6.58 Å². The zero-order valence-corrected chi connectivity index (χ0v) is 25.5. The van der Waals surface area contributed by atoms with Crippen LogP contribution in [0.3, 0.4) is 0 Å². The lowest BCUT2D eigenvalue weighted by molar-refractivity contribution is -0.142. The summed E-state index contributed by atoms with van der Waals surface area (Å²) in [5, 5.41) is 3.46. The molecule has 1 saturated heterocycles. The molecular weight excluding hydrogens is 577 g/mol. The van der Waals surface area contributed by atoms with E-state index in [-0.39, 0.29) is 25.5 Å². The van der Waals surface area contributed by atoms with Crippen molar-refractivity contribution in [1.82, 2.24) is 25.1 Å². The van der Waals surface area contributed by atoms with E-state index in [1.165, 1.54) is 15.5 Å². The number of carbonyl (C=O) groups is 3. The van der Waals surface area contributed by atoms with Crippen LogP contribution in [-0.2, 0) is 18.9 Å². The molecule has 1 aromatic carbocycles. The van der Waals surface area contributed by atoms with Crippen molar-refractivity contribution in [3.63, 3.8) is 0 Å². The molecule has 0 radical (unpaired) electrons. The van der Waals surface area contributed by atoms with Crippen LogP contribution in [0.4, 0.5) is 4.79 Å². The number of imidazole rings is 1. The van der Waals surface area contributed by atoms with Gasteiger partial charge in [-0.2, -0.15) is 0 Å². The number of nitrogens with zero attached hydrogens (tertiary/aromatic N) is 2. The summed E-state index contributed by atoms with van der Waals surface area (Å²) in [6.07, 6.45) is 3.89. The Labute approximate surface area is 249 Å². The van der Waals surface area contributed by atoms with E-state index in [2.05, 4.69) is 22.2 Å². The first-order chi connectivity index (χ1) is 20.2. The van der Waals surface area contributed by atoms with Crippen LogP contribution in [0, 0.1) is 11.3 Å². The van der Waals surface area contributed by atoms with E-state index < -0.39 is 65.9 Å². The fraction of sp³-hybridized carbons (Fsp3) is 0.586. The molecule has 3 aliphatic rings. The number of nitrogens with one attached hydrogen (secondary N) is 3. The Morgan fingerprint density at radius 2 is 1.88 bits per heavy atom. The van der Waals surface area contributed by atoms with Crippen LogP contribution in [0.5, 0.6) is 0 Å². The number of aromatic nitrogens is 2. The van der Waals surface area contributed by atoms with Gasteiger partial charge in [0.25, 0.3) is 0 Å². The number of carbonyl (C=O) groups excluding carboxylic acids is 3. The van der Waals surface area contributed by atoms with Crippen molar-refractivity contribution in [1.29, 1.82) is 0 Å². The van der Waals surface area contributed by atoms with Crippen molar-refractivity contribution in [3.8, 4) is 0 Å². The number of fused-ring (bicyclic) bond motifs is 1. The number of aromatic amines is 1. The molecule has 3 amide bonds. The molecular formula is C29H40N5O8P. The Morgan fingerprint density at radius 3 is 2.49 bits per heavy atom. The van der Waals surface area contributed by atoms with Crippen LogP contribution in [0.2, 0.25) is 0 Å². The second kappa shape index (κ2) is 11.3. The number of para-hydroxylation sites is 2. The lowest BCUT2D eigenvalue weighted by atomic mass is 9.85. The summed E-state index contributed by atoms with van der Waals surface area (Å²) in [4.78, 5) is 78.3. The number of H-pyrrole nitrogens is 1. The maximum Gasteiger partial charge on any atom is 0.408 e. The first-order valence-electron chi connectivity index (χ1n) is 14.6. The topological polar surface area (TPSA) is 183 Å². The summed E-state index contributed by atoms with van der Waals surface area (Å²) >= 11 is 0. The highest BCUT2D eigenvalue weighted by Crippen LogP contribution is 2.67. The zero-order chi connectivity index (χ0) is 31.3. The number of amides is 3. The molecule has 2 aliphatic carbocycles. The fourth-order valence-electron chi connectivity index (χ4n) is 6.46. The average Bonchev–Trinajstić information content (AvgIpc) is 3.25. The molecule has 3 fully saturated rings. The fourth-order valence-corrected chi connectivity index (χ4v) is 7.68. The number of benzene rings is 1. The average molecular weight is 618 g/mol. The van der Waals surface area contributed by atoms with Gasteiger partial charge in [-0.25, -0.2) is 9.59 Å².